The van der Waals surface area contributed by atoms with Gasteiger partial charge in [-0.3, -0.25) is 0 Å². The van der Waals surface area contributed by atoms with Crippen LogP contribution in [0.4, 0.5) is 0 Å². The first-order chi connectivity index (χ1) is 8.54. The van der Waals surface area contributed by atoms with Crippen molar-refractivity contribution in [1.29, 1.82) is 0 Å². The summed E-state index contributed by atoms with van der Waals surface area (Å²) in [5.74, 6) is 0.800. The standard InChI is InChI=1S/C16H24ClN/c1-11(2)4-5-12(3)18-16-9-13-6-7-15(17)8-14(13)10-16/h6-8,11-12,16,18H,4-5,9-10H2,1-3H3. The number of halogens is 1. The third-order valence-electron chi connectivity index (χ3n) is 3.80. The lowest BCUT2D eigenvalue weighted by atomic mass is 10.0. The van der Waals surface area contributed by atoms with Gasteiger partial charge < -0.3 is 5.32 Å². The Kier molecular flexibility index (Phi) is 4.69. The summed E-state index contributed by atoms with van der Waals surface area (Å²) in [6.07, 6.45) is 4.85. The van der Waals surface area contributed by atoms with Gasteiger partial charge in [0, 0.05) is 17.1 Å². The third kappa shape index (κ3) is 3.73. The van der Waals surface area contributed by atoms with Gasteiger partial charge in [0.05, 0.1) is 0 Å². The van der Waals surface area contributed by atoms with Crippen molar-refractivity contribution < 1.29 is 0 Å². The van der Waals surface area contributed by atoms with E-state index >= 15 is 0 Å². The Morgan fingerprint density at radius 1 is 1.17 bits per heavy atom. The van der Waals surface area contributed by atoms with Crippen LogP contribution in [0.5, 0.6) is 0 Å². The van der Waals surface area contributed by atoms with Gasteiger partial charge in [-0.15, -0.1) is 0 Å². The maximum atomic E-state index is 6.04. The maximum absolute atomic E-state index is 6.04. The van der Waals surface area contributed by atoms with Crippen molar-refractivity contribution in [3.63, 3.8) is 0 Å². The fourth-order valence-corrected chi connectivity index (χ4v) is 2.97. The van der Waals surface area contributed by atoms with E-state index in [1.165, 1.54) is 24.0 Å². The fraction of sp³-hybridized carbons (Fsp3) is 0.625. The zero-order valence-corrected chi connectivity index (χ0v) is 12.4. The van der Waals surface area contributed by atoms with E-state index < -0.39 is 0 Å². The molecular formula is C16H24ClN. The topological polar surface area (TPSA) is 12.0 Å². The van der Waals surface area contributed by atoms with Gasteiger partial charge in [-0.2, -0.15) is 0 Å². The Balaban J connectivity index is 1.84. The Morgan fingerprint density at radius 2 is 1.89 bits per heavy atom. The molecule has 0 bridgehead atoms. The number of rotatable bonds is 5. The average molecular weight is 266 g/mol. The van der Waals surface area contributed by atoms with Crippen LogP contribution >= 0.6 is 11.6 Å². The highest BCUT2D eigenvalue weighted by Gasteiger charge is 2.22. The molecule has 1 nitrogen and oxygen atoms in total. The molecule has 1 aromatic rings. The van der Waals surface area contributed by atoms with E-state index in [0.29, 0.717) is 12.1 Å². The first-order valence-corrected chi connectivity index (χ1v) is 7.45. The number of hydrogen-bond donors (Lipinski definition) is 1. The van der Waals surface area contributed by atoms with Crippen molar-refractivity contribution in [3.05, 3.63) is 34.3 Å². The largest absolute Gasteiger partial charge is 0.311 e. The molecule has 100 valence electrons. The van der Waals surface area contributed by atoms with E-state index in [4.69, 9.17) is 11.6 Å². The van der Waals surface area contributed by atoms with Crippen LogP contribution in [0.25, 0.3) is 0 Å². The highest BCUT2D eigenvalue weighted by molar-refractivity contribution is 6.30. The molecule has 2 unspecified atom stereocenters. The molecule has 1 aliphatic rings. The van der Waals surface area contributed by atoms with Gasteiger partial charge in [0.15, 0.2) is 0 Å². The molecule has 0 fully saturated rings. The molecule has 1 aliphatic carbocycles. The van der Waals surface area contributed by atoms with Gasteiger partial charge in [0.25, 0.3) is 0 Å². The number of hydrogen-bond acceptors (Lipinski definition) is 1. The molecule has 0 radical (unpaired) electrons. The summed E-state index contributed by atoms with van der Waals surface area (Å²) in [7, 11) is 0. The van der Waals surface area contributed by atoms with Crippen molar-refractivity contribution in [3.8, 4) is 0 Å². The van der Waals surface area contributed by atoms with Crippen LogP contribution in [-0.4, -0.2) is 12.1 Å². The molecule has 1 N–H and O–H groups in total. The van der Waals surface area contributed by atoms with E-state index in [9.17, 15) is 0 Å². The van der Waals surface area contributed by atoms with Gasteiger partial charge in [-0.1, -0.05) is 31.5 Å². The van der Waals surface area contributed by atoms with Crippen molar-refractivity contribution in [1.82, 2.24) is 5.32 Å². The van der Waals surface area contributed by atoms with Crippen LogP contribution in [-0.2, 0) is 12.8 Å². The second kappa shape index (κ2) is 6.08. The summed E-state index contributed by atoms with van der Waals surface area (Å²) in [4.78, 5) is 0. The normalized spacial score (nSPS) is 20.2. The summed E-state index contributed by atoms with van der Waals surface area (Å²) in [6.45, 7) is 6.89. The molecule has 0 saturated carbocycles. The van der Waals surface area contributed by atoms with Gasteiger partial charge in [0.2, 0.25) is 0 Å². The van der Waals surface area contributed by atoms with Crippen molar-refractivity contribution in [2.45, 2.75) is 58.5 Å². The van der Waals surface area contributed by atoms with Crippen LogP contribution in [0, 0.1) is 5.92 Å². The minimum absolute atomic E-state index is 0.598. The Labute approximate surface area is 116 Å². The highest BCUT2D eigenvalue weighted by Crippen LogP contribution is 2.25. The third-order valence-corrected chi connectivity index (χ3v) is 4.03. The predicted octanol–water partition coefficient (Wildman–Crippen LogP) is 4.22. The van der Waals surface area contributed by atoms with Crippen molar-refractivity contribution in [2.24, 2.45) is 5.92 Å². The molecule has 0 heterocycles. The molecule has 0 amide bonds. The minimum Gasteiger partial charge on any atom is -0.311 e. The molecule has 0 aromatic heterocycles. The lowest BCUT2D eigenvalue weighted by molar-refractivity contribution is 0.404. The van der Waals surface area contributed by atoms with E-state index in [0.717, 1.165) is 23.8 Å². The van der Waals surface area contributed by atoms with Gasteiger partial charge in [0.1, 0.15) is 0 Å². The van der Waals surface area contributed by atoms with Gasteiger partial charge >= 0.3 is 0 Å². The number of nitrogens with one attached hydrogen (secondary N) is 1. The average Bonchev–Trinajstić information content (AvgIpc) is 2.67. The summed E-state index contributed by atoms with van der Waals surface area (Å²) in [5.41, 5.74) is 2.89. The monoisotopic (exact) mass is 265 g/mol. The fourth-order valence-electron chi connectivity index (χ4n) is 2.77. The van der Waals surface area contributed by atoms with E-state index in [1.54, 1.807) is 0 Å². The van der Waals surface area contributed by atoms with E-state index in [1.807, 2.05) is 6.07 Å². The SMILES string of the molecule is CC(C)CCC(C)NC1Cc2ccc(Cl)cc2C1. The van der Waals surface area contributed by atoms with E-state index in [-0.39, 0.29) is 0 Å². The molecule has 2 heteroatoms. The molecular weight excluding hydrogens is 242 g/mol. The Hall–Kier alpha value is -0.530. The lowest BCUT2D eigenvalue weighted by Gasteiger charge is -2.20. The molecule has 0 saturated heterocycles. The summed E-state index contributed by atoms with van der Waals surface area (Å²) in [5, 5.41) is 4.62. The smallest absolute Gasteiger partial charge is 0.0408 e. The second-order valence-corrected chi connectivity index (χ2v) is 6.49. The Morgan fingerprint density at radius 3 is 2.61 bits per heavy atom. The van der Waals surface area contributed by atoms with Crippen LogP contribution < -0.4 is 5.32 Å². The first-order valence-electron chi connectivity index (χ1n) is 7.08. The summed E-state index contributed by atoms with van der Waals surface area (Å²) < 4.78 is 0. The van der Waals surface area contributed by atoms with Crippen molar-refractivity contribution >= 4 is 11.6 Å². The highest BCUT2D eigenvalue weighted by atomic mass is 35.5. The molecule has 0 spiro atoms. The maximum Gasteiger partial charge on any atom is 0.0408 e. The zero-order valence-electron chi connectivity index (χ0n) is 11.7. The lowest BCUT2D eigenvalue weighted by Crippen LogP contribution is -2.37. The zero-order chi connectivity index (χ0) is 13.1. The Bertz CT molecular complexity index is 400. The summed E-state index contributed by atoms with van der Waals surface area (Å²) >= 11 is 6.04. The molecule has 2 atom stereocenters. The first kappa shape index (κ1) is 13.9. The van der Waals surface area contributed by atoms with Crippen LogP contribution in [0.15, 0.2) is 18.2 Å². The summed E-state index contributed by atoms with van der Waals surface area (Å²) in [6, 6.07) is 7.52. The van der Waals surface area contributed by atoms with E-state index in [2.05, 4.69) is 38.2 Å². The number of benzene rings is 1. The molecule has 18 heavy (non-hydrogen) atoms. The van der Waals surface area contributed by atoms with Crippen molar-refractivity contribution in [2.75, 3.05) is 0 Å². The molecule has 1 aromatic carbocycles. The van der Waals surface area contributed by atoms with Gasteiger partial charge in [-0.25, -0.2) is 0 Å². The second-order valence-electron chi connectivity index (χ2n) is 6.06. The van der Waals surface area contributed by atoms with Crippen LogP contribution in [0.2, 0.25) is 5.02 Å². The predicted molar refractivity (Wildman–Crippen MR) is 79.3 cm³/mol. The minimum atomic E-state index is 0.598. The molecule has 0 aliphatic heterocycles. The quantitative estimate of drug-likeness (QED) is 0.841. The van der Waals surface area contributed by atoms with Gasteiger partial charge in [-0.05, 0) is 61.8 Å². The molecule has 2 rings (SSSR count). The van der Waals surface area contributed by atoms with Crippen LogP contribution in [0.3, 0.4) is 0 Å². The number of fused-ring (bicyclic) bond motifs is 1. The van der Waals surface area contributed by atoms with Crippen LogP contribution in [0.1, 0.15) is 44.7 Å².